The van der Waals surface area contributed by atoms with E-state index in [2.05, 4.69) is 22.1 Å². The highest BCUT2D eigenvalue weighted by atomic mass is 35.5. The van der Waals surface area contributed by atoms with Gasteiger partial charge < -0.3 is 9.88 Å². The Bertz CT molecular complexity index is 357. The lowest BCUT2D eigenvalue weighted by molar-refractivity contribution is 0.251. The fraction of sp³-hybridized carbons (Fsp3) is 0.750. The first-order valence-electron chi connectivity index (χ1n) is 6.29. The van der Waals surface area contributed by atoms with Crippen LogP contribution in [-0.2, 0) is 13.6 Å². The van der Waals surface area contributed by atoms with Gasteiger partial charge in [-0.05, 0) is 32.9 Å². The Morgan fingerprint density at radius 1 is 1.47 bits per heavy atom. The molecular weight excluding hydrogens is 236 g/mol. The lowest BCUT2D eigenvalue weighted by Crippen LogP contribution is -2.38. The molecule has 0 bridgehead atoms. The number of likely N-dealkylation sites (tertiary alicyclic amines) is 1. The molecule has 0 aromatic carbocycles. The third-order valence-electron chi connectivity index (χ3n) is 3.51. The van der Waals surface area contributed by atoms with Crippen molar-refractivity contribution in [1.29, 1.82) is 0 Å². The number of hydrogen-bond acceptors (Lipinski definition) is 3. The molecule has 0 aliphatic carbocycles. The van der Waals surface area contributed by atoms with Crippen LogP contribution in [0.15, 0.2) is 6.20 Å². The summed E-state index contributed by atoms with van der Waals surface area (Å²) in [5.41, 5.74) is 0. The molecule has 1 aliphatic rings. The Labute approximate surface area is 108 Å². The molecule has 1 atom stereocenters. The largest absolute Gasteiger partial charge is 0.321 e. The van der Waals surface area contributed by atoms with Crippen molar-refractivity contribution in [1.82, 2.24) is 19.8 Å². The van der Waals surface area contributed by atoms with Crippen LogP contribution in [0.3, 0.4) is 0 Å². The molecule has 1 N–H and O–H groups in total. The number of aromatic nitrogens is 2. The van der Waals surface area contributed by atoms with E-state index in [1.54, 1.807) is 6.20 Å². The Morgan fingerprint density at radius 2 is 2.18 bits per heavy atom. The number of hydrogen-bond donors (Lipinski definition) is 1. The van der Waals surface area contributed by atoms with Gasteiger partial charge in [0.05, 0.1) is 12.7 Å². The average molecular weight is 257 g/mol. The normalized spacial score (nSPS) is 18.8. The first kappa shape index (κ1) is 12.9. The van der Waals surface area contributed by atoms with Gasteiger partial charge in [0.25, 0.3) is 0 Å². The zero-order valence-corrected chi connectivity index (χ0v) is 11.4. The highest BCUT2D eigenvalue weighted by Crippen LogP contribution is 2.11. The lowest BCUT2D eigenvalue weighted by atomic mass is 10.3. The van der Waals surface area contributed by atoms with E-state index < -0.39 is 0 Å². The maximum Gasteiger partial charge on any atom is 0.128 e. The third-order valence-corrected chi connectivity index (χ3v) is 3.87. The van der Waals surface area contributed by atoms with Crippen LogP contribution in [0, 0.1) is 0 Å². The minimum atomic E-state index is 0.605. The fourth-order valence-electron chi connectivity index (χ4n) is 2.29. The molecule has 96 valence electrons. The quantitative estimate of drug-likeness (QED) is 0.870. The summed E-state index contributed by atoms with van der Waals surface area (Å²) in [6.45, 7) is 6.56. The Balaban J connectivity index is 1.73. The molecule has 1 saturated heterocycles. The van der Waals surface area contributed by atoms with Gasteiger partial charge in [0.15, 0.2) is 0 Å². The van der Waals surface area contributed by atoms with Crippen LogP contribution in [0.5, 0.6) is 0 Å². The minimum absolute atomic E-state index is 0.605. The maximum absolute atomic E-state index is 5.94. The third kappa shape index (κ3) is 3.21. The van der Waals surface area contributed by atoms with Crippen LogP contribution in [0.25, 0.3) is 0 Å². The predicted molar refractivity (Wildman–Crippen MR) is 70.2 cm³/mol. The molecule has 1 fully saturated rings. The van der Waals surface area contributed by atoms with E-state index in [0.29, 0.717) is 11.2 Å². The van der Waals surface area contributed by atoms with Crippen molar-refractivity contribution in [2.45, 2.75) is 32.4 Å². The molecule has 2 rings (SSSR count). The first-order chi connectivity index (χ1) is 8.18. The van der Waals surface area contributed by atoms with Crippen molar-refractivity contribution in [2.24, 2.45) is 7.05 Å². The molecule has 1 aliphatic heterocycles. The monoisotopic (exact) mass is 256 g/mol. The molecule has 0 amide bonds. The summed E-state index contributed by atoms with van der Waals surface area (Å²) in [6, 6.07) is 0.605. The zero-order chi connectivity index (χ0) is 12.3. The van der Waals surface area contributed by atoms with E-state index in [4.69, 9.17) is 11.6 Å². The highest BCUT2D eigenvalue weighted by molar-refractivity contribution is 6.29. The number of nitrogens with zero attached hydrogens (tertiary/aromatic N) is 3. The van der Waals surface area contributed by atoms with Crippen molar-refractivity contribution >= 4 is 11.6 Å². The van der Waals surface area contributed by atoms with E-state index in [9.17, 15) is 0 Å². The summed E-state index contributed by atoms with van der Waals surface area (Å²) in [4.78, 5) is 6.80. The molecule has 4 nitrogen and oxygen atoms in total. The van der Waals surface area contributed by atoms with E-state index in [-0.39, 0.29) is 0 Å². The Morgan fingerprint density at radius 3 is 2.76 bits per heavy atom. The van der Waals surface area contributed by atoms with Gasteiger partial charge in [0.2, 0.25) is 0 Å². The van der Waals surface area contributed by atoms with Crippen molar-refractivity contribution in [3.63, 3.8) is 0 Å². The molecule has 0 spiro atoms. The summed E-state index contributed by atoms with van der Waals surface area (Å²) >= 11 is 5.94. The van der Waals surface area contributed by atoms with E-state index in [1.807, 2.05) is 11.6 Å². The number of imidazole rings is 1. The lowest BCUT2D eigenvalue weighted by Gasteiger charge is -2.23. The summed E-state index contributed by atoms with van der Waals surface area (Å²) in [7, 11) is 1.94. The summed E-state index contributed by atoms with van der Waals surface area (Å²) in [5, 5.41) is 4.14. The molecule has 0 saturated carbocycles. The minimum Gasteiger partial charge on any atom is -0.321 e. The molecule has 2 heterocycles. The number of halogens is 1. The number of rotatable bonds is 5. The van der Waals surface area contributed by atoms with Gasteiger partial charge in [-0.3, -0.25) is 4.90 Å². The predicted octanol–water partition coefficient (Wildman–Crippen LogP) is 1.65. The van der Waals surface area contributed by atoms with Gasteiger partial charge >= 0.3 is 0 Å². The van der Waals surface area contributed by atoms with Crippen molar-refractivity contribution in [3.05, 3.63) is 17.2 Å². The van der Waals surface area contributed by atoms with Crippen LogP contribution in [0.4, 0.5) is 0 Å². The van der Waals surface area contributed by atoms with Crippen LogP contribution in [0.1, 0.15) is 25.6 Å². The smallest absolute Gasteiger partial charge is 0.128 e. The number of nitrogens with one attached hydrogen (secondary N) is 1. The topological polar surface area (TPSA) is 33.1 Å². The first-order valence-corrected chi connectivity index (χ1v) is 6.67. The molecular formula is C12H21ClN4. The van der Waals surface area contributed by atoms with Crippen LogP contribution in [0.2, 0.25) is 5.15 Å². The maximum atomic E-state index is 5.94. The van der Waals surface area contributed by atoms with Gasteiger partial charge in [-0.1, -0.05) is 11.6 Å². The second kappa shape index (κ2) is 5.85. The van der Waals surface area contributed by atoms with Gasteiger partial charge in [0, 0.05) is 19.6 Å². The van der Waals surface area contributed by atoms with E-state index in [0.717, 1.165) is 18.9 Å². The average Bonchev–Trinajstić information content (AvgIpc) is 2.93. The molecule has 0 radical (unpaired) electrons. The van der Waals surface area contributed by atoms with Crippen LogP contribution < -0.4 is 5.32 Å². The molecule has 5 heteroatoms. The summed E-state index contributed by atoms with van der Waals surface area (Å²) < 4.78 is 1.91. The van der Waals surface area contributed by atoms with Crippen molar-refractivity contribution in [2.75, 3.05) is 19.6 Å². The summed E-state index contributed by atoms with van der Waals surface area (Å²) in [5.74, 6) is 0.989. The second-order valence-electron chi connectivity index (χ2n) is 4.78. The standard InChI is InChI=1S/C12H21ClN4/c1-10(17-5-3-4-6-17)7-14-9-12-15-8-11(13)16(12)2/h8,10,14H,3-7,9H2,1-2H3. The van der Waals surface area contributed by atoms with Gasteiger partial charge in [-0.25, -0.2) is 4.98 Å². The van der Waals surface area contributed by atoms with Crippen LogP contribution in [-0.4, -0.2) is 40.1 Å². The molecule has 1 aromatic heterocycles. The zero-order valence-electron chi connectivity index (χ0n) is 10.6. The van der Waals surface area contributed by atoms with Crippen LogP contribution >= 0.6 is 11.6 Å². The van der Waals surface area contributed by atoms with Gasteiger partial charge in [-0.15, -0.1) is 0 Å². The molecule has 1 unspecified atom stereocenters. The highest BCUT2D eigenvalue weighted by Gasteiger charge is 2.17. The van der Waals surface area contributed by atoms with E-state index >= 15 is 0 Å². The fourth-order valence-corrected chi connectivity index (χ4v) is 2.44. The van der Waals surface area contributed by atoms with Crippen molar-refractivity contribution in [3.8, 4) is 0 Å². The van der Waals surface area contributed by atoms with Gasteiger partial charge in [-0.2, -0.15) is 0 Å². The summed E-state index contributed by atoms with van der Waals surface area (Å²) in [6.07, 6.45) is 4.39. The van der Waals surface area contributed by atoms with Crippen molar-refractivity contribution < 1.29 is 0 Å². The molecule has 1 aromatic rings. The van der Waals surface area contributed by atoms with Gasteiger partial charge in [0.1, 0.15) is 11.0 Å². The Kier molecular flexibility index (Phi) is 4.42. The SMILES string of the molecule is CC(CNCc1ncc(Cl)n1C)N1CCCC1. The van der Waals surface area contributed by atoms with E-state index in [1.165, 1.54) is 25.9 Å². The molecule has 17 heavy (non-hydrogen) atoms. The Hall–Kier alpha value is -0.580. The second-order valence-corrected chi connectivity index (χ2v) is 5.17.